The van der Waals surface area contributed by atoms with Crippen molar-refractivity contribution in [3.05, 3.63) is 47.9 Å². The minimum Gasteiger partial charge on any atom is -0.478 e. The van der Waals surface area contributed by atoms with E-state index in [-0.39, 0.29) is 5.56 Å². The van der Waals surface area contributed by atoms with Gasteiger partial charge in [0.1, 0.15) is 10.9 Å². The molecule has 17 heavy (non-hydrogen) atoms. The van der Waals surface area contributed by atoms with Crippen LogP contribution in [0.3, 0.4) is 0 Å². The van der Waals surface area contributed by atoms with Crippen LogP contribution in [-0.2, 0) is 0 Å². The van der Waals surface area contributed by atoms with Gasteiger partial charge in [0.25, 0.3) is 0 Å². The van der Waals surface area contributed by atoms with Crippen LogP contribution >= 0.6 is 11.8 Å². The Morgan fingerprint density at radius 1 is 1.35 bits per heavy atom. The molecule has 0 aliphatic carbocycles. The van der Waals surface area contributed by atoms with E-state index in [1.54, 1.807) is 30.5 Å². The van der Waals surface area contributed by atoms with Crippen molar-refractivity contribution in [2.75, 3.05) is 0 Å². The summed E-state index contributed by atoms with van der Waals surface area (Å²) in [6, 6.07) is 8.57. The lowest BCUT2D eigenvalue weighted by Crippen LogP contribution is -1.95. The van der Waals surface area contributed by atoms with E-state index in [0.717, 1.165) is 9.92 Å². The van der Waals surface area contributed by atoms with Gasteiger partial charge in [-0.1, -0.05) is 17.8 Å². The summed E-state index contributed by atoms with van der Waals surface area (Å²) in [4.78, 5) is 19.9. The van der Waals surface area contributed by atoms with E-state index in [1.807, 2.05) is 13.0 Å². The van der Waals surface area contributed by atoms with Crippen LogP contribution in [0, 0.1) is 6.92 Å². The summed E-state index contributed by atoms with van der Waals surface area (Å²) < 4.78 is 0. The first-order valence-corrected chi connectivity index (χ1v) is 5.77. The molecule has 0 saturated heterocycles. The van der Waals surface area contributed by atoms with Crippen LogP contribution in [0.15, 0.2) is 46.5 Å². The van der Waals surface area contributed by atoms with Gasteiger partial charge in [0.15, 0.2) is 0 Å². The fourth-order valence-corrected chi connectivity index (χ4v) is 2.19. The van der Waals surface area contributed by atoms with Crippen molar-refractivity contribution >= 4 is 17.7 Å². The molecule has 0 atom stereocenters. The summed E-state index contributed by atoms with van der Waals surface area (Å²) in [7, 11) is 0. The van der Waals surface area contributed by atoms with Gasteiger partial charge in [-0.15, -0.1) is 0 Å². The molecular weight excluding hydrogens is 236 g/mol. The third-order valence-electron chi connectivity index (χ3n) is 2.05. The van der Waals surface area contributed by atoms with E-state index in [0.29, 0.717) is 5.82 Å². The quantitative estimate of drug-likeness (QED) is 0.843. The molecule has 4 nitrogen and oxygen atoms in total. The topological polar surface area (TPSA) is 63.1 Å². The number of aromatic nitrogens is 2. The highest BCUT2D eigenvalue weighted by molar-refractivity contribution is 7.99. The Morgan fingerprint density at radius 2 is 2.18 bits per heavy atom. The van der Waals surface area contributed by atoms with Gasteiger partial charge < -0.3 is 5.11 Å². The van der Waals surface area contributed by atoms with Crippen LogP contribution in [0.5, 0.6) is 0 Å². The van der Waals surface area contributed by atoms with Gasteiger partial charge in [-0.2, -0.15) is 0 Å². The number of rotatable bonds is 3. The van der Waals surface area contributed by atoms with Crippen molar-refractivity contribution in [1.82, 2.24) is 9.97 Å². The Hall–Kier alpha value is -1.88. The molecule has 1 N–H and O–H groups in total. The van der Waals surface area contributed by atoms with E-state index in [9.17, 15) is 4.79 Å². The standard InChI is InChI=1S/C12H10N2O2S/c1-8-13-6-5-11(14-8)17-10-4-2-3-9(7-10)12(15)16/h2-7H,1H3,(H,15,16). The zero-order valence-corrected chi connectivity index (χ0v) is 9.94. The highest BCUT2D eigenvalue weighted by atomic mass is 32.2. The number of carboxylic acids is 1. The number of carboxylic acid groups (broad SMARTS) is 1. The zero-order valence-electron chi connectivity index (χ0n) is 9.12. The lowest BCUT2D eigenvalue weighted by molar-refractivity contribution is 0.0696. The molecule has 0 aliphatic heterocycles. The predicted molar refractivity (Wildman–Crippen MR) is 64.3 cm³/mol. The Morgan fingerprint density at radius 3 is 2.88 bits per heavy atom. The lowest BCUT2D eigenvalue weighted by Gasteiger charge is -2.02. The van der Waals surface area contributed by atoms with Crippen molar-refractivity contribution < 1.29 is 9.90 Å². The number of benzene rings is 1. The average Bonchev–Trinajstić information content (AvgIpc) is 2.29. The molecule has 0 spiro atoms. The van der Waals surface area contributed by atoms with Crippen molar-refractivity contribution in [2.24, 2.45) is 0 Å². The van der Waals surface area contributed by atoms with Crippen molar-refractivity contribution in [3.8, 4) is 0 Å². The van der Waals surface area contributed by atoms with Crippen LogP contribution in [0.2, 0.25) is 0 Å². The molecule has 1 aromatic heterocycles. The molecule has 0 bridgehead atoms. The van der Waals surface area contributed by atoms with Gasteiger partial charge in [0.2, 0.25) is 0 Å². The van der Waals surface area contributed by atoms with E-state index in [4.69, 9.17) is 5.11 Å². The molecule has 0 radical (unpaired) electrons. The summed E-state index contributed by atoms with van der Waals surface area (Å²) in [5, 5.41) is 9.69. The number of nitrogens with zero attached hydrogens (tertiary/aromatic N) is 2. The predicted octanol–water partition coefficient (Wildman–Crippen LogP) is 2.63. The molecule has 0 amide bonds. The molecule has 0 aliphatic rings. The van der Waals surface area contributed by atoms with Crippen molar-refractivity contribution in [3.63, 3.8) is 0 Å². The second-order valence-electron chi connectivity index (χ2n) is 3.38. The zero-order chi connectivity index (χ0) is 12.3. The molecule has 0 unspecified atom stereocenters. The molecule has 2 rings (SSSR count). The Labute approximate surface area is 103 Å². The SMILES string of the molecule is Cc1nccc(Sc2cccc(C(=O)O)c2)n1. The van der Waals surface area contributed by atoms with Gasteiger partial charge in [-0.05, 0) is 31.2 Å². The first-order chi connectivity index (χ1) is 8.15. The second kappa shape index (κ2) is 4.97. The molecule has 86 valence electrons. The lowest BCUT2D eigenvalue weighted by atomic mass is 10.2. The summed E-state index contributed by atoms with van der Waals surface area (Å²) in [6.45, 7) is 1.82. The highest BCUT2D eigenvalue weighted by Gasteiger charge is 2.05. The maximum Gasteiger partial charge on any atom is 0.335 e. The number of hydrogen-bond acceptors (Lipinski definition) is 4. The van der Waals surface area contributed by atoms with Crippen LogP contribution in [0.4, 0.5) is 0 Å². The second-order valence-corrected chi connectivity index (χ2v) is 4.47. The monoisotopic (exact) mass is 246 g/mol. The van der Waals surface area contributed by atoms with E-state index in [1.165, 1.54) is 11.8 Å². The molecule has 1 heterocycles. The highest BCUT2D eigenvalue weighted by Crippen LogP contribution is 2.26. The Balaban J connectivity index is 2.24. The maximum atomic E-state index is 10.8. The Kier molecular flexibility index (Phi) is 3.39. The largest absolute Gasteiger partial charge is 0.478 e. The molecule has 0 fully saturated rings. The summed E-state index contributed by atoms with van der Waals surface area (Å²) in [5.74, 6) is -0.226. The summed E-state index contributed by atoms with van der Waals surface area (Å²) in [5.41, 5.74) is 0.278. The first-order valence-electron chi connectivity index (χ1n) is 4.96. The fourth-order valence-electron chi connectivity index (χ4n) is 1.30. The van der Waals surface area contributed by atoms with Crippen molar-refractivity contribution in [2.45, 2.75) is 16.8 Å². The molecular formula is C12H10N2O2S. The number of aryl methyl sites for hydroxylation is 1. The smallest absolute Gasteiger partial charge is 0.335 e. The van der Waals surface area contributed by atoms with Crippen LogP contribution in [0.25, 0.3) is 0 Å². The number of aromatic carboxylic acids is 1. The van der Waals surface area contributed by atoms with E-state index >= 15 is 0 Å². The number of hydrogen-bond donors (Lipinski definition) is 1. The van der Waals surface area contributed by atoms with Crippen LogP contribution in [0.1, 0.15) is 16.2 Å². The maximum absolute atomic E-state index is 10.8. The van der Waals surface area contributed by atoms with Crippen molar-refractivity contribution in [1.29, 1.82) is 0 Å². The van der Waals surface area contributed by atoms with E-state index in [2.05, 4.69) is 9.97 Å². The minimum absolute atomic E-state index is 0.278. The third-order valence-corrected chi connectivity index (χ3v) is 2.98. The normalized spacial score (nSPS) is 10.2. The summed E-state index contributed by atoms with van der Waals surface area (Å²) in [6.07, 6.45) is 1.69. The van der Waals surface area contributed by atoms with Gasteiger partial charge >= 0.3 is 5.97 Å². The third kappa shape index (κ3) is 3.04. The molecule has 1 aromatic carbocycles. The Bertz CT molecular complexity index is 558. The average molecular weight is 246 g/mol. The first kappa shape index (κ1) is 11.6. The molecule has 0 saturated carbocycles. The van der Waals surface area contributed by atoms with Crippen LogP contribution < -0.4 is 0 Å². The fraction of sp³-hybridized carbons (Fsp3) is 0.0833. The van der Waals surface area contributed by atoms with E-state index < -0.39 is 5.97 Å². The van der Waals surface area contributed by atoms with Gasteiger partial charge in [-0.25, -0.2) is 14.8 Å². The van der Waals surface area contributed by atoms with Crippen LogP contribution in [-0.4, -0.2) is 21.0 Å². The van der Waals surface area contributed by atoms with Gasteiger partial charge in [0.05, 0.1) is 5.56 Å². The van der Waals surface area contributed by atoms with Gasteiger partial charge in [0, 0.05) is 11.1 Å². The van der Waals surface area contributed by atoms with Gasteiger partial charge in [-0.3, -0.25) is 0 Å². The summed E-state index contributed by atoms with van der Waals surface area (Å²) >= 11 is 1.42. The molecule has 2 aromatic rings. The minimum atomic E-state index is -0.925. The molecule has 5 heteroatoms. The number of carbonyl (C=O) groups is 1.